The van der Waals surface area contributed by atoms with Crippen molar-refractivity contribution in [3.63, 3.8) is 0 Å². The highest BCUT2D eigenvalue weighted by molar-refractivity contribution is 7.13. The molecule has 0 saturated carbocycles. The Kier molecular flexibility index (Phi) is 6.89. The number of esters is 1. The van der Waals surface area contributed by atoms with Gasteiger partial charge in [-0.1, -0.05) is 30.3 Å². The summed E-state index contributed by atoms with van der Waals surface area (Å²) in [6, 6.07) is 9.16. The van der Waals surface area contributed by atoms with Crippen molar-refractivity contribution < 1.29 is 14.3 Å². The summed E-state index contributed by atoms with van der Waals surface area (Å²) in [5.74, 6) is -0.541. The van der Waals surface area contributed by atoms with E-state index in [1.165, 1.54) is 11.3 Å². The van der Waals surface area contributed by atoms with Crippen LogP contribution in [0.5, 0.6) is 0 Å². The largest absolute Gasteiger partial charge is 0.465 e. The number of benzene rings is 1. The van der Waals surface area contributed by atoms with Crippen molar-refractivity contribution in [3.8, 4) is 0 Å². The lowest BCUT2D eigenvalue weighted by Gasteiger charge is -2.25. The lowest BCUT2D eigenvalue weighted by molar-refractivity contribution is -0.149. The fraction of sp³-hybridized carbons (Fsp3) is 0.353. The zero-order chi connectivity index (χ0) is 17.4. The minimum absolute atomic E-state index is 0.0793. The van der Waals surface area contributed by atoms with Gasteiger partial charge in [-0.15, -0.1) is 11.3 Å². The van der Waals surface area contributed by atoms with Crippen LogP contribution in [-0.2, 0) is 20.7 Å². The van der Waals surface area contributed by atoms with Gasteiger partial charge in [0.05, 0.1) is 13.2 Å². The molecule has 1 N–H and O–H groups in total. The smallest absolute Gasteiger partial charge is 0.323 e. The first-order chi connectivity index (χ1) is 11.6. The number of nitrogens with one attached hydrogen (secondary N) is 1. The number of ether oxygens (including phenoxy) is 1. The van der Waals surface area contributed by atoms with Gasteiger partial charge in [0.25, 0.3) is 0 Å². The van der Waals surface area contributed by atoms with Gasteiger partial charge in [0.2, 0.25) is 5.91 Å². The molecule has 1 unspecified atom stereocenters. The summed E-state index contributed by atoms with van der Waals surface area (Å²) in [6.07, 6.45) is 2.11. The molecule has 1 heterocycles. The van der Waals surface area contributed by atoms with Crippen LogP contribution in [0.25, 0.3) is 0 Å². The zero-order valence-corrected chi connectivity index (χ0v) is 14.6. The zero-order valence-electron chi connectivity index (χ0n) is 13.8. The van der Waals surface area contributed by atoms with E-state index in [2.05, 4.69) is 10.3 Å². The average molecular weight is 347 g/mol. The first-order valence-electron chi connectivity index (χ1n) is 7.70. The molecule has 0 spiro atoms. The Balaban J connectivity index is 2.01. The van der Waals surface area contributed by atoms with Crippen LogP contribution in [0.15, 0.2) is 41.9 Å². The number of thiazole rings is 1. The highest BCUT2D eigenvalue weighted by Gasteiger charge is 2.26. The number of carbonyl (C=O) groups is 2. The van der Waals surface area contributed by atoms with E-state index in [4.69, 9.17) is 4.74 Å². The average Bonchev–Trinajstić information content (AvgIpc) is 3.06. The predicted molar refractivity (Wildman–Crippen MR) is 93.9 cm³/mol. The number of hydrogen-bond donors (Lipinski definition) is 1. The van der Waals surface area contributed by atoms with Crippen LogP contribution in [0.1, 0.15) is 12.5 Å². The number of rotatable bonds is 8. The molecule has 128 valence electrons. The van der Waals surface area contributed by atoms with E-state index in [1.54, 1.807) is 30.4 Å². The molecule has 0 aliphatic heterocycles. The van der Waals surface area contributed by atoms with Gasteiger partial charge in [-0.05, 0) is 26.0 Å². The Hall–Kier alpha value is -2.25. The molecule has 0 saturated heterocycles. The summed E-state index contributed by atoms with van der Waals surface area (Å²) < 4.78 is 5.16. The second-order valence-corrected chi connectivity index (χ2v) is 6.15. The van der Waals surface area contributed by atoms with Crippen molar-refractivity contribution in [2.24, 2.45) is 0 Å². The second-order valence-electron chi connectivity index (χ2n) is 5.26. The normalized spacial score (nSPS) is 12.0. The Bertz CT molecular complexity index is 646. The van der Waals surface area contributed by atoms with E-state index in [0.29, 0.717) is 18.2 Å². The van der Waals surface area contributed by atoms with E-state index in [1.807, 2.05) is 30.3 Å². The lowest BCUT2D eigenvalue weighted by Crippen LogP contribution is -2.44. The molecule has 7 heteroatoms. The summed E-state index contributed by atoms with van der Waals surface area (Å²) in [5.41, 5.74) is 1.02. The van der Waals surface area contributed by atoms with Crippen LogP contribution >= 0.6 is 11.3 Å². The number of hydrogen-bond acceptors (Lipinski definition) is 6. The maximum atomic E-state index is 12.3. The van der Waals surface area contributed by atoms with Gasteiger partial charge in [-0.2, -0.15) is 0 Å². The topological polar surface area (TPSA) is 71.5 Å². The number of amides is 1. The minimum Gasteiger partial charge on any atom is -0.465 e. The van der Waals surface area contributed by atoms with Crippen molar-refractivity contribution >= 4 is 28.3 Å². The molecular weight excluding hydrogens is 326 g/mol. The second kappa shape index (κ2) is 9.14. The molecule has 0 aliphatic rings. The van der Waals surface area contributed by atoms with E-state index in [9.17, 15) is 9.59 Å². The van der Waals surface area contributed by atoms with Crippen molar-refractivity contribution in [2.45, 2.75) is 19.4 Å². The molecule has 2 rings (SSSR count). The maximum absolute atomic E-state index is 12.3. The van der Waals surface area contributed by atoms with E-state index < -0.39 is 6.04 Å². The van der Waals surface area contributed by atoms with Crippen molar-refractivity contribution in [1.29, 1.82) is 0 Å². The molecular formula is C17H21N3O3S. The van der Waals surface area contributed by atoms with Crippen molar-refractivity contribution in [2.75, 3.05) is 25.5 Å². The van der Waals surface area contributed by atoms with Gasteiger partial charge in [0, 0.05) is 11.6 Å². The standard InChI is InChI=1S/C17H21N3O3S/c1-3-23-16(22)14(11-13-7-5-4-6-8-13)20(2)12-15(21)19-17-18-9-10-24-17/h4-10,14H,3,11-12H2,1-2H3,(H,18,19,21). The van der Waals surface area contributed by atoms with Gasteiger partial charge < -0.3 is 10.1 Å². The monoisotopic (exact) mass is 347 g/mol. The van der Waals surface area contributed by atoms with Gasteiger partial charge in [0.15, 0.2) is 5.13 Å². The summed E-state index contributed by atoms with van der Waals surface area (Å²) in [7, 11) is 1.74. The van der Waals surface area contributed by atoms with Crippen LogP contribution in [0.3, 0.4) is 0 Å². The minimum atomic E-state index is -0.519. The third-order valence-corrected chi connectivity index (χ3v) is 4.12. The molecule has 0 aliphatic carbocycles. The first kappa shape index (κ1) is 18.1. The number of carbonyl (C=O) groups excluding carboxylic acids is 2. The number of nitrogens with zero attached hydrogens (tertiary/aromatic N) is 2. The van der Waals surface area contributed by atoms with Crippen LogP contribution < -0.4 is 5.32 Å². The van der Waals surface area contributed by atoms with E-state index in [0.717, 1.165) is 5.56 Å². The Morgan fingerprint density at radius 3 is 2.71 bits per heavy atom. The Labute approximate surface area is 145 Å². The van der Waals surface area contributed by atoms with Crippen molar-refractivity contribution in [1.82, 2.24) is 9.88 Å². The summed E-state index contributed by atoms with van der Waals surface area (Å²) in [6.45, 7) is 2.16. The fourth-order valence-electron chi connectivity index (χ4n) is 2.28. The van der Waals surface area contributed by atoms with Gasteiger partial charge in [-0.25, -0.2) is 4.98 Å². The van der Waals surface area contributed by atoms with Crippen molar-refractivity contribution in [3.05, 3.63) is 47.5 Å². The van der Waals surface area contributed by atoms with E-state index >= 15 is 0 Å². The summed E-state index contributed by atoms with van der Waals surface area (Å²) >= 11 is 1.35. The van der Waals surface area contributed by atoms with Gasteiger partial charge in [0.1, 0.15) is 6.04 Å². The lowest BCUT2D eigenvalue weighted by atomic mass is 10.0. The molecule has 0 radical (unpaired) electrons. The predicted octanol–water partition coefficient (Wildman–Crippen LogP) is 2.19. The van der Waals surface area contributed by atoms with E-state index in [-0.39, 0.29) is 18.4 Å². The van der Waals surface area contributed by atoms with Crippen LogP contribution in [0, 0.1) is 0 Å². The molecule has 6 nitrogen and oxygen atoms in total. The quantitative estimate of drug-likeness (QED) is 0.741. The third kappa shape index (κ3) is 5.43. The third-order valence-electron chi connectivity index (χ3n) is 3.43. The number of likely N-dealkylation sites (N-methyl/N-ethyl adjacent to an activating group) is 1. The molecule has 1 atom stereocenters. The summed E-state index contributed by atoms with van der Waals surface area (Å²) in [5, 5.41) is 5.05. The SMILES string of the molecule is CCOC(=O)C(Cc1ccccc1)N(C)CC(=O)Nc1nccs1. The maximum Gasteiger partial charge on any atom is 0.323 e. The van der Waals surface area contributed by atoms with Gasteiger partial charge >= 0.3 is 5.97 Å². The highest BCUT2D eigenvalue weighted by atomic mass is 32.1. The van der Waals surface area contributed by atoms with Gasteiger partial charge in [-0.3, -0.25) is 14.5 Å². The molecule has 1 amide bonds. The molecule has 24 heavy (non-hydrogen) atoms. The molecule has 1 aromatic heterocycles. The summed E-state index contributed by atoms with van der Waals surface area (Å²) in [4.78, 5) is 30.1. The highest BCUT2D eigenvalue weighted by Crippen LogP contribution is 2.12. The molecule has 1 aromatic carbocycles. The van der Waals surface area contributed by atoms with Crippen LogP contribution in [0.2, 0.25) is 0 Å². The molecule has 2 aromatic rings. The Morgan fingerprint density at radius 2 is 2.08 bits per heavy atom. The first-order valence-corrected chi connectivity index (χ1v) is 8.58. The fourth-order valence-corrected chi connectivity index (χ4v) is 2.82. The molecule has 0 fully saturated rings. The van der Waals surface area contributed by atoms with Crippen LogP contribution in [-0.4, -0.2) is 48.0 Å². The number of anilines is 1. The van der Waals surface area contributed by atoms with Crippen LogP contribution in [0.4, 0.5) is 5.13 Å². The molecule has 0 bridgehead atoms. The number of aromatic nitrogens is 1. The Morgan fingerprint density at radius 1 is 1.33 bits per heavy atom.